The summed E-state index contributed by atoms with van der Waals surface area (Å²) in [6, 6.07) is 15.7. The molecular weight excluding hydrogens is 268 g/mol. The van der Waals surface area contributed by atoms with Crippen molar-refractivity contribution in [3.8, 4) is 0 Å². The fourth-order valence-electron chi connectivity index (χ4n) is 2.06. The monoisotopic (exact) mass is 286 g/mol. The molecular formula is C16H18N2O3. The van der Waals surface area contributed by atoms with E-state index in [2.05, 4.69) is 5.32 Å². The van der Waals surface area contributed by atoms with Crippen molar-refractivity contribution in [2.24, 2.45) is 0 Å². The average Bonchev–Trinajstić information content (AvgIpc) is 2.53. The van der Waals surface area contributed by atoms with Gasteiger partial charge in [-0.1, -0.05) is 42.5 Å². The van der Waals surface area contributed by atoms with Crippen LogP contribution in [0.4, 0.5) is 5.69 Å². The smallest absolute Gasteiger partial charge is 0.269 e. The first-order valence-corrected chi connectivity index (χ1v) is 6.77. The van der Waals surface area contributed by atoms with Gasteiger partial charge in [-0.3, -0.25) is 10.1 Å². The van der Waals surface area contributed by atoms with Gasteiger partial charge < -0.3 is 10.4 Å². The topological polar surface area (TPSA) is 75.4 Å². The Balaban J connectivity index is 1.91. The summed E-state index contributed by atoms with van der Waals surface area (Å²) >= 11 is 0. The van der Waals surface area contributed by atoms with Crippen molar-refractivity contribution in [2.45, 2.75) is 25.6 Å². The Morgan fingerprint density at radius 2 is 1.76 bits per heavy atom. The highest BCUT2D eigenvalue weighted by molar-refractivity contribution is 5.32. The molecule has 0 spiro atoms. The largest absolute Gasteiger partial charge is 0.387 e. The molecule has 0 amide bonds. The van der Waals surface area contributed by atoms with Crippen LogP contribution in [0.15, 0.2) is 54.6 Å². The van der Waals surface area contributed by atoms with Gasteiger partial charge in [-0.15, -0.1) is 0 Å². The number of nitrogens with zero attached hydrogens (tertiary/aromatic N) is 1. The van der Waals surface area contributed by atoms with Crippen LogP contribution in [0.3, 0.4) is 0 Å². The number of nitro benzene ring substituents is 1. The summed E-state index contributed by atoms with van der Waals surface area (Å²) < 4.78 is 0. The lowest BCUT2D eigenvalue weighted by molar-refractivity contribution is -0.384. The molecule has 0 bridgehead atoms. The normalized spacial score (nSPS) is 13.6. The third-order valence-corrected chi connectivity index (χ3v) is 3.39. The Morgan fingerprint density at radius 3 is 2.33 bits per heavy atom. The van der Waals surface area contributed by atoms with Gasteiger partial charge in [0.2, 0.25) is 0 Å². The second kappa shape index (κ2) is 6.97. The van der Waals surface area contributed by atoms with Crippen LogP contribution in [0.2, 0.25) is 0 Å². The maximum atomic E-state index is 10.6. The van der Waals surface area contributed by atoms with Crippen LogP contribution in [0.5, 0.6) is 0 Å². The van der Waals surface area contributed by atoms with E-state index in [1.165, 1.54) is 12.1 Å². The quantitative estimate of drug-likeness (QED) is 0.632. The van der Waals surface area contributed by atoms with Gasteiger partial charge in [0.1, 0.15) is 0 Å². The molecule has 2 rings (SSSR count). The molecule has 2 aromatic rings. The summed E-state index contributed by atoms with van der Waals surface area (Å²) in [5.41, 5.74) is 1.88. The number of benzene rings is 2. The number of nitro groups is 1. The summed E-state index contributed by atoms with van der Waals surface area (Å²) in [6.45, 7) is 2.45. The molecule has 0 heterocycles. The molecule has 5 nitrogen and oxygen atoms in total. The minimum Gasteiger partial charge on any atom is -0.387 e. The van der Waals surface area contributed by atoms with Gasteiger partial charge in [-0.2, -0.15) is 0 Å². The Labute approximate surface area is 123 Å². The Kier molecular flexibility index (Phi) is 5.03. The van der Waals surface area contributed by atoms with Gasteiger partial charge in [-0.05, 0) is 18.1 Å². The fourth-order valence-corrected chi connectivity index (χ4v) is 2.06. The Hall–Kier alpha value is -2.24. The van der Waals surface area contributed by atoms with Gasteiger partial charge in [0.05, 0.1) is 11.0 Å². The van der Waals surface area contributed by atoms with E-state index in [-0.39, 0.29) is 11.7 Å². The van der Waals surface area contributed by atoms with Crippen molar-refractivity contribution in [1.29, 1.82) is 0 Å². The van der Waals surface area contributed by atoms with Gasteiger partial charge in [0.25, 0.3) is 5.69 Å². The molecule has 0 fully saturated rings. The number of aliphatic hydroxyl groups is 1. The summed E-state index contributed by atoms with van der Waals surface area (Å²) in [5, 5.41) is 24.0. The molecule has 2 atom stereocenters. The van der Waals surface area contributed by atoms with E-state index in [9.17, 15) is 15.2 Å². The summed E-state index contributed by atoms with van der Waals surface area (Å²) in [7, 11) is 0. The van der Waals surface area contributed by atoms with Crippen LogP contribution in [-0.4, -0.2) is 16.1 Å². The van der Waals surface area contributed by atoms with E-state index in [0.717, 1.165) is 11.1 Å². The highest BCUT2D eigenvalue weighted by Crippen LogP contribution is 2.17. The lowest BCUT2D eigenvalue weighted by atomic mass is 10.0. The van der Waals surface area contributed by atoms with Gasteiger partial charge >= 0.3 is 0 Å². The molecule has 2 aromatic carbocycles. The van der Waals surface area contributed by atoms with E-state index in [4.69, 9.17) is 0 Å². The minimum atomic E-state index is -0.593. The first-order chi connectivity index (χ1) is 10.1. The average molecular weight is 286 g/mol. The summed E-state index contributed by atoms with van der Waals surface area (Å²) in [4.78, 5) is 10.2. The number of hydrogen-bond donors (Lipinski definition) is 2. The molecule has 0 saturated heterocycles. The van der Waals surface area contributed by atoms with E-state index >= 15 is 0 Å². The molecule has 0 aliphatic rings. The van der Waals surface area contributed by atoms with Crippen LogP contribution >= 0.6 is 0 Å². The standard InChI is InChI=1S/C16H18N2O3/c1-12(16(19)14-5-3-2-4-6-14)17-11-13-7-9-15(10-8-13)18(20)21/h2-10,12,16-17,19H,11H2,1H3. The molecule has 0 aliphatic carbocycles. The van der Waals surface area contributed by atoms with Crippen molar-refractivity contribution >= 4 is 5.69 Å². The van der Waals surface area contributed by atoms with Crippen molar-refractivity contribution < 1.29 is 10.0 Å². The second-order valence-corrected chi connectivity index (χ2v) is 4.95. The molecule has 0 saturated carbocycles. The van der Waals surface area contributed by atoms with Crippen molar-refractivity contribution in [1.82, 2.24) is 5.32 Å². The zero-order valence-electron chi connectivity index (χ0n) is 11.8. The highest BCUT2D eigenvalue weighted by Gasteiger charge is 2.15. The lowest BCUT2D eigenvalue weighted by Gasteiger charge is -2.20. The molecule has 110 valence electrons. The molecule has 2 N–H and O–H groups in total. The predicted molar refractivity (Wildman–Crippen MR) is 80.8 cm³/mol. The molecule has 0 aliphatic heterocycles. The summed E-state index contributed by atoms with van der Waals surface area (Å²) in [6.07, 6.45) is -0.593. The van der Waals surface area contributed by atoms with Crippen molar-refractivity contribution in [3.63, 3.8) is 0 Å². The number of hydrogen-bond acceptors (Lipinski definition) is 4. The first kappa shape index (κ1) is 15.2. The maximum Gasteiger partial charge on any atom is 0.269 e. The zero-order chi connectivity index (χ0) is 15.2. The van der Waals surface area contributed by atoms with E-state index in [1.807, 2.05) is 37.3 Å². The molecule has 0 radical (unpaired) electrons. The molecule has 21 heavy (non-hydrogen) atoms. The lowest BCUT2D eigenvalue weighted by Crippen LogP contribution is -2.31. The van der Waals surface area contributed by atoms with Crippen LogP contribution in [0, 0.1) is 10.1 Å². The zero-order valence-corrected chi connectivity index (χ0v) is 11.8. The van der Waals surface area contributed by atoms with Gasteiger partial charge in [0, 0.05) is 24.7 Å². The van der Waals surface area contributed by atoms with Crippen LogP contribution in [0.25, 0.3) is 0 Å². The number of rotatable bonds is 6. The highest BCUT2D eigenvalue weighted by atomic mass is 16.6. The van der Waals surface area contributed by atoms with E-state index in [0.29, 0.717) is 6.54 Å². The maximum absolute atomic E-state index is 10.6. The van der Waals surface area contributed by atoms with E-state index in [1.54, 1.807) is 12.1 Å². The number of aliphatic hydroxyl groups excluding tert-OH is 1. The van der Waals surface area contributed by atoms with Crippen molar-refractivity contribution in [2.75, 3.05) is 0 Å². The molecule has 0 aromatic heterocycles. The minimum absolute atomic E-state index is 0.0797. The number of non-ortho nitro benzene ring substituents is 1. The van der Waals surface area contributed by atoms with Gasteiger partial charge in [0.15, 0.2) is 0 Å². The number of nitrogens with one attached hydrogen (secondary N) is 1. The third kappa shape index (κ3) is 4.11. The van der Waals surface area contributed by atoms with Crippen LogP contribution in [-0.2, 0) is 6.54 Å². The van der Waals surface area contributed by atoms with Crippen LogP contribution < -0.4 is 5.32 Å². The Morgan fingerprint density at radius 1 is 1.14 bits per heavy atom. The van der Waals surface area contributed by atoms with E-state index < -0.39 is 11.0 Å². The van der Waals surface area contributed by atoms with Crippen molar-refractivity contribution in [3.05, 3.63) is 75.8 Å². The fraction of sp³-hybridized carbons (Fsp3) is 0.250. The molecule has 2 unspecified atom stereocenters. The first-order valence-electron chi connectivity index (χ1n) is 6.77. The van der Waals surface area contributed by atoms with Crippen LogP contribution in [0.1, 0.15) is 24.2 Å². The SMILES string of the molecule is CC(NCc1ccc([N+](=O)[O-])cc1)C(O)c1ccccc1. The second-order valence-electron chi connectivity index (χ2n) is 4.95. The predicted octanol–water partition coefficient (Wildman–Crippen LogP) is 2.81. The Bertz CT molecular complexity index is 584. The molecule has 5 heteroatoms. The third-order valence-electron chi connectivity index (χ3n) is 3.39. The van der Waals surface area contributed by atoms with Gasteiger partial charge in [-0.25, -0.2) is 0 Å². The summed E-state index contributed by atoms with van der Waals surface area (Å²) in [5.74, 6) is 0.